The van der Waals surface area contributed by atoms with Gasteiger partial charge in [0.25, 0.3) is 5.82 Å². The number of nitrogens with zero attached hydrogens (tertiary/aromatic N) is 1. The lowest BCUT2D eigenvalue weighted by Crippen LogP contribution is -3.13. The van der Waals surface area contributed by atoms with E-state index in [1.807, 2.05) is 24.4 Å². The number of piperazine rings is 1. The SMILES string of the molecule is Fc1cccc(F)c1C[NH+]1CCN(c2cccc[nH+]2)CC1. The van der Waals surface area contributed by atoms with Crippen molar-refractivity contribution in [3.05, 3.63) is 59.8 Å². The molecule has 1 aliphatic rings. The van der Waals surface area contributed by atoms with Crippen LogP contribution in [-0.4, -0.2) is 26.2 Å². The molecule has 0 bridgehead atoms. The number of hydrogen-bond acceptors (Lipinski definition) is 1. The second-order valence-corrected chi connectivity index (χ2v) is 5.36. The van der Waals surface area contributed by atoms with Crippen molar-refractivity contribution in [2.45, 2.75) is 6.54 Å². The molecule has 0 amide bonds. The lowest BCUT2D eigenvalue weighted by molar-refractivity contribution is -0.914. The Kier molecular flexibility index (Phi) is 4.10. The van der Waals surface area contributed by atoms with Crippen LogP contribution in [0, 0.1) is 11.6 Å². The molecule has 21 heavy (non-hydrogen) atoms. The molecule has 1 aliphatic heterocycles. The van der Waals surface area contributed by atoms with E-state index in [2.05, 4.69) is 9.88 Å². The molecule has 0 saturated carbocycles. The molecule has 2 N–H and O–H groups in total. The van der Waals surface area contributed by atoms with Crippen LogP contribution in [0.25, 0.3) is 0 Å². The summed E-state index contributed by atoms with van der Waals surface area (Å²) in [5.41, 5.74) is 0.201. The Morgan fingerprint density at radius 2 is 1.71 bits per heavy atom. The third kappa shape index (κ3) is 3.19. The van der Waals surface area contributed by atoms with Crippen molar-refractivity contribution in [2.75, 3.05) is 31.1 Å². The summed E-state index contributed by atoms with van der Waals surface area (Å²) < 4.78 is 27.4. The van der Waals surface area contributed by atoms with Gasteiger partial charge in [-0.05, 0) is 18.2 Å². The van der Waals surface area contributed by atoms with Gasteiger partial charge in [0, 0.05) is 6.07 Å². The number of aromatic nitrogens is 1. The van der Waals surface area contributed by atoms with E-state index in [4.69, 9.17) is 0 Å². The molecule has 5 heteroatoms. The Morgan fingerprint density at radius 1 is 1.00 bits per heavy atom. The van der Waals surface area contributed by atoms with Crippen LogP contribution in [0.3, 0.4) is 0 Å². The van der Waals surface area contributed by atoms with Crippen molar-refractivity contribution in [1.82, 2.24) is 0 Å². The second kappa shape index (κ2) is 6.18. The molecule has 0 aliphatic carbocycles. The Bertz CT molecular complexity index is 575. The first kappa shape index (κ1) is 13.9. The van der Waals surface area contributed by atoms with Crippen LogP contribution >= 0.6 is 0 Å². The number of pyridine rings is 1. The first-order chi connectivity index (χ1) is 10.2. The summed E-state index contributed by atoms with van der Waals surface area (Å²) in [6.45, 7) is 3.91. The molecule has 2 aromatic rings. The number of hydrogen-bond donors (Lipinski definition) is 1. The van der Waals surface area contributed by atoms with E-state index in [1.54, 1.807) is 0 Å². The predicted octanol–water partition coefficient (Wildman–Crippen LogP) is 0.684. The molecule has 0 atom stereocenters. The van der Waals surface area contributed by atoms with E-state index in [1.165, 1.54) is 23.1 Å². The molecule has 3 rings (SSSR count). The Balaban J connectivity index is 1.62. The fourth-order valence-electron chi connectivity index (χ4n) is 2.77. The largest absolute Gasteiger partial charge is 0.325 e. The van der Waals surface area contributed by atoms with Crippen molar-refractivity contribution in [3.8, 4) is 0 Å². The first-order valence-electron chi connectivity index (χ1n) is 7.22. The Labute approximate surface area is 122 Å². The van der Waals surface area contributed by atoms with Gasteiger partial charge in [-0.25, -0.2) is 13.8 Å². The average molecular weight is 291 g/mol. The molecule has 1 saturated heterocycles. The minimum Gasteiger partial charge on any atom is -0.325 e. The highest BCUT2D eigenvalue weighted by atomic mass is 19.1. The number of anilines is 1. The Morgan fingerprint density at radius 3 is 2.33 bits per heavy atom. The number of quaternary nitrogens is 1. The summed E-state index contributed by atoms with van der Waals surface area (Å²) in [4.78, 5) is 6.70. The summed E-state index contributed by atoms with van der Waals surface area (Å²) in [7, 11) is 0. The number of benzene rings is 1. The number of rotatable bonds is 3. The molecule has 0 spiro atoms. The monoisotopic (exact) mass is 291 g/mol. The van der Waals surface area contributed by atoms with Crippen molar-refractivity contribution in [2.24, 2.45) is 0 Å². The lowest BCUT2D eigenvalue weighted by Gasteiger charge is -2.28. The van der Waals surface area contributed by atoms with Gasteiger partial charge in [0.15, 0.2) is 0 Å². The molecular weight excluding hydrogens is 272 g/mol. The quantitative estimate of drug-likeness (QED) is 0.883. The van der Waals surface area contributed by atoms with E-state index in [0.717, 1.165) is 32.0 Å². The normalized spacial score (nSPS) is 16.2. The van der Waals surface area contributed by atoms with Gasteiger partial charge in [-0.3, -0.25) is 4.90 Å². The molecule has 1 aromatic heterocycles. The van der Waals surface area contributed by atoms with Gasteiger partial charge in [-0.15, -0.1) is 0 Å². The van der Waals surface area contributed by atoms with Crippen LogP contribution in [0.2, 0.25) is 0 Å². The van der Waals surface area contributed by atoms with Crippen LogP contribution in [0.4, 0.5) is 14.6 Å². The van der Waals surface area contributed by atoms with Gasteiger partial charge in [0.1, 0.15) is 44.4 Å². The van der Waals surface area contributed by atoms with Gasteiger partial charge in [0.05, 0.1) is 11.8 Å². The van der Waals surface area contributed by atoms with Crippen LogP contribution < -0.4 is 14.8 Å². The molecule has 2 heterocycles. The molecule has 1 aromatic carbocycles. The van der Waals surface area contributed by atoms with Gasteiger partial charge in [-0.2, -0.15) is 0 Å². The van der Waals surface area contributed by atoms with Crippen LogP contribution in [0.5, 0.6) is 0 Å². The fraction of sp³-hybridized carbons (Fsp3) is 0.312. The number of aromatic amines is 1. The first-order valence-corrected chi connectivity index (χ1v) is 7.22. The summed E-state index contributed by atoms with van der Waals surface area (Å²) in [6, 6.07) is 10.1. The molecule has 0 unspecified atom stereocenters. The highest BCUT2D eigenvalue weighted by Crippen LogP contribution is 2.11. The van der Waals surface area contributed by atoms with Crippen molar-refractivity contribution < 1.29 is 18.7 Å². The van der Waals surface area contributed by atoms with E-state index in [9.17, 15) is 8.78 Å². The minimum atomic E-state index is -0.443. The highest BCUT2D eigenvalue weighted by molar-refractivity contribution is 5.32. The average Bonchev–Trinajstić information content (AvgIpc) is 2.53. The highest BCUT2D eigenvalue weighted by Gasteiger charge is 2.27. The van der Waals surface area contributed by atoms with E-state index in [0.29, 0.717) is 6.54 Å². The Hall–Kier alpha value is -2.01. The molecular formula is C16H19F2N3+2. The van der Waals surface area contributed by atoms with Crippen molar-refractivity contribution in [1.29, 1.82) is 0 Å². The van der Waals surface area contributed by atoms with Crippen LogP contribution in [-0.2, 0) is 6.54 Å². The molecule has 110 valence electrons. The molecule has 3 nitrogen and oxygen atoms in total. The third-order valence-electron chi connectivity index (χ3n) is 3.99. The standard InChI is InChI=1S/C16H17F2N3/c17-14-4-3-5-15(18)13(14)12-20-8-10-21(11-9-20)16-6-1-2-7-19-16/h1-7H,8-12H2/p+2. The fourth-order valence-corrected chi connectivity index (χ4v) is 2.77. The zero-order valence-electron chi connectivity index (χ0n) is 11.8. The maximum atomic E-state index is 13.7. The van der Waals surface area contributed by atoms with Gasteiger partial charge in [0.2, 0.25) is 0 Å². The van der Waals surface area contributed by atoms with Crippen molar-refractivity contribution >= 4 is 5.82 Å². The van der Waals surface area contributed by atoms with E-state index >= 15 is 0 Å². The lowest BCUT2D eigenvalue weighted by atomic mass is 10.1. The van der Waals surface area contributed by atoms with Crippen molar-refractivity contribution in [3.63, 3.8) is 0 Å². The third-order valence-corrected chi connectivity index (χ3v) is 3.99. The van der Waals surface area contributed by atoms with E-state index in [-0.39, 0.29) is 5.56 Å². The van der Waals surface area contributed by atoms with E-state index < -0.39 is 11.6 Å². The van der Waals surface area contributed by atoms with Gasteiger partial charge in [-0.1, -0.05) is 12.1 Å². The predicted molar refractivity (Wildman–Crippen MR) is 76.0 cm³/mol. The van der Waals surface area contributed by atoms with Gasteiger partial charge < -0.3 is 4.90 Å². The maximum Gasteiger partial charge on any atom is 0.274 e. The summed E-state index contributed by atoms with van der Waals surface area (Å²) in [6.07, 6.45) is 1.91. The summed E-state index contributed by atoms with van der Waals surface area (Å²) in [5, 5.41) is 0. The number of H-pyrrole nitrogens is 1. The van der Waals surface area contributed by atoms with Crippen LogP contribution in [0.1, 0.15) is 5.56 Å². The zero-order valence-corrected chi connectivity index (χ0v) is 11.8. The minimum absolute atomic E-state index is 0.201. The summed E-state index contributed by atoms with van der Waals surface area (Å²) in [5.74, 6) is 0.205. The maximum absolute atomic E-state index is 13.7. The topological polar surface area (TPSA) is 21.8 Å². The zero-order chi connectivity index (χ0) is 14.7. The second-order valence-electron chi connectivity index (χ2n) is 5.36. The van der Waals surface area contributed by atoms with Crippen LogP contribution in [0.15, 0.2) is 42.6 Å². The molecule has 1 fully saturated rings. The summed E-state index contributed by atoms with van der Waals surface area (Å²) >= 11 is 0. The van der Waals surface area contributed by atoms with Gasteiger partial charge >= 0.3 is 0 Å². The molecule has 0 radical (unpaired) electrons. The number of nitrogens with one attached hydrogen (secondary N) is 2. The number of halogens is 2. The smallest absolute Gasteiger partial charge is 0.274 e.